The molecule has 1 saturated carbocycles. The minimum Gasteiger partial charge on any atom is -0.273 e. The summed E-state index contributed by atoms with van der Waals surface area (Å²) in [4.78, 5) is 20.9. The Balaban J connectivity index is 1.37. The molecule has 0 radical (unpaired) electrons. The van der Waals surface area contributed by atoms with Crippen LogP contribution in [0.15, 0.2) is 65.9 Å². The fourth-order valence-electron chi connectivity index (χ4n) is 2.83. The summed E-state index contributed by atoms with van der Waals surface area (Å²) in [6.07, 6.45) is 4.04. The van der Waals surface area contributed by atoms with Gasteiger partial charge < -0.3 is 0 Å². The molecule has 3 aromatic rings. The first-order valence-electron chi connectivity index (χ1n) is 7.91. The summed E-state index contributed by atoms with van der Waals surface area (Å²) >= 11 is 0. The van der Waals surface area contributed by atoms with Gasteiger partial charge in [-0.05, 0) is 30.0 Å². The molecule has 2 aromatic carbocycles. The lowest BCUT2D eigenvalue weighted by atomic mass is 10.1. The fraction of sp³-hybridized carbons (Fsp3) is 0.158. The van der Waals surface area contributed by atoms with E-state index >= 15 is 0 Å². The summed E-state index contributed by atoms with van der Waals surface area (Å²) in [5.74, 6) is 0.267. The van der Waals surface area contributed by atoms with E-state index in [0.717, 1.165) is 17.5 Å². The van der Waals surface area contributed by atoms with Crippen LogP contribution in [0.3, 0.4) is 0 Å². The van der Waals surface area contributed by atoms with E-state index in [2.05, 4.69) is 32.6 Å². The van der Waals surface area contributed by atoms with Gasteiger partial charge in [0.15, 0.2) is 0 Å². The Bertz CT molecular complexity index is 907. The Morgan fingerprint density at radius 2 is 1.83 bits per heavy atom. The van der Waals surface area contributed by atoms with Crippen molar-refractivity contribution in [1.82, 2.24) is 15.4 Å². The Morgan fingerprint density at radius 1 is 1.08 bits per heavy atom. The topological polar surface area (TPSA) is 67.2 Å². The average molecular weight is 316 g/mol. The SMILES string of the molecule is O=C(NN=Cc1cnc2ccccc2n1)C1CC1c1ccccc1. The van der Waals surface area contributed by atoms with Gasteiger partial charge in [-0.15, -0.1) is 0 Å². The molecule has 0 bridgehead atoms. The van der Waals surface area contributed by atoms with Crippen molar-refractivity contribution in [2.75, 3.05) is 0 Å². The largest absolute Gasteiger partial charge is 0.273 e. The van der Waals surface area contributed by atoms with Crippen LogP contribution in [0.1, 0.15) is 23.6 Å². The van der Waals surface area contributed by atoms with Crippen molar-refractivity contribution in [2.24, 2.45) is 11.0 Å². The van der Waals surface area contributed by atoms with Gasteiger partial charge >= 0.3 is 0 Å². The van der Waals surface area contributed by atoms with Crippen molar-refractivity contribution < 1.29 is 4.79 Å². The van der Waals surface area contributed by atoms with Crippen molar-refractivity contribution in [3.05, 3.63) is 72.1 Å². The summed E-state index contributed by atoms with van der Waals surface area (Å²) in [6.45, 7) is 0. The molecule has 5 heteroatoms. The molecular formula is C19H16N4O. The zero-order chi connectivity index (χ0) is 16.4. The molecular weight excluding hydrogens is 300 g/mol. The van der Waals surface area contributed by atoms with Crippen LogP contribution in [0.2, 0.25) is 0 Å². The van der Waals surface area contributed by atoms with Gasteiger partial charge in [0.25, 0.3) is 0 Å². The summed E-state index contributed by atoms with van der Waals surface area (Å²) in [6, 6.07) is 17.7. The molecule has 0 aliphatic heterocycles. The second-order valence-electron chi connectivity index (χ2n) is 5.88. The first-order chi connectivity index (χ1) is 11.8. The third-order valence-corrected chi connectivity index (χ3v) is 4.19. The molecule has 1 aromatic heterocycles. The summed E-state index contributed by atoms with van der Waals surface area (Å²) in [5.41, 5.74) is 6.07. The van der Waals surface area contributed by atoms with Gasteiger partial charge in [0.1, 0.15) is 5.69 Å². The lowest BCUT2D eigenvalue weighted by Crippen LogP contribution is -2.20. The molecule has 2 atom stereocenters. The van der Waals surface area contributed by atoms with Crippen LogP contribution in [0.25, 0.3) is 11.0 Å². The summed E-state index contributed by atoms with van der Waals surface area (Å²) < 4.78 is 0. The van der Waals surface area contributed by atoms with Crippen molar-refractivity contribution in [3.63, 3.8) is 0 Å². The van der Waals surface area contributed by atoms with E-state index in [1.54, 1.807) is 6.20 Å². The molecule has 1 heterocycles. The first-order valence-corrected chi connectivity index (χ1v) is 7.91. The van der Waals surface area contributed by atoms with Crippen LogP contribution in [0, 0.1) is 5.92 Å². The number of amides is 1. The molecule has 0 saturated heterocycles. The highest BCUT2D eigenvalue weighted by Crippen LogP contribution is 2.47. The smallest absolute Gasteiger partial charge is 0.243 e. The predicted molar refractivity (Wildman–Crippen MR) is 92.6 cm³/mol. The first kappa shape index (κ1) is 14.5. The highest BCUT2D eigenvalue weighted by atomic mass is 16.2. The highest BCUT2D eigenvalue weighted by molar-refractivity contribution is 5.86. The number of hydrogen-bond acceptors (Lipinski definition) is 4. The summed E-state index contributed by atoms with van der Waals surface area (Å²) in [5, 5.41) is 4.01. The molecule has 2 unspecified atom stereocenters. The van der Waals surface area contributed by atoms with E-state index in [-0.39, 0.29) is 11.8 Å². The Morgan fingerprint density at radius 3 is 2.67 bits per heavy atom. The molecule has 4 rings (SSSR count). The molecule has 118 valence electrons. The second-order valence-corrected chi connectivity index (χ2v) is 5.88. The number of rotatable bonds is 4. The molecule has 5 nitrogen and oxygen atoms in total. The minimum atomic E-state index is -0.0474. The number of para-hydroxylation sites is 2. The van der Waals surface area contributed by atoms with Gasteiger partial charge in [0.2, 0.25) is 5.91 Å². The summed E-state index contributed by atoms with van der Waals surface area (Å²) in [7, 11) is 0. The zero-order valence-corrected chi connectivity index (χ0v) is 13.0. The maximum Gasteiger partial charge on any atom is 0.243 e. The second kappa shape index (κ2) is 6.20. The number of nitrogens with one attached hydrogen (secondary N) is 1. The molecule has 1 aliphatic rings. The van der Waals surface area contributed by atoms with E-state index in [4.69, 9.17) is 0 Å². The average Bonchev–Trinajstić information content (AvgIpc) is 3.43. The van der Waals surface area contributed by atoms with E-state index < -0.39 is 0 Å². The number of fused-ring (bicyclic) bond motifs is 1. The van der Waals surface area contributed by atoms with Gasteiger partial charge in [-0.2, -0.15) is 5.10 Å². The lowest BCUT2D eigenvalue weighted by molar-refractivity contribution is -0.122. The van der Waals surface area contributed by atoms with E-state index in [1.165, 1.54) is 11.8 Å². The van der Waals surface area contributed by atoms with Crippen LogP contribution in [0.4, 0.5) is 0 Å². The van der Waals surface area contributed by atoms with Gasteiger partial charge in [-0.3, -0.25) is 9.78 Å². The van der Waals surface area contributed by atoms with Crippen LogP contribution >= 0.6 is 0 Å². The van der Waals surface area contributed by atoms with E-state index in [0.29, 0.717) is 11.6 Å². The molecule has 0 spiro atoms. The van der Waals surface area contributed by atoms with Gasteiger partial charge in [0, 0.05) is 5.92 Å². The van der Waals surface area contributed by atoms with E-state index in [9.17, 15) is 4.79 Å². The fourth-order valence-corrected chi connectivity index (χ4v) is 2.83. The monoisotopic (exact) mass is 316 g/mol. The van der Waals surface area contributed by atoms with Gasteiger partial charge in [0.05, 0.1) is 23.4 Å². The maximum absolute atomic E-state index is 12.1. The molecule has 1 amide bonds. The number of carbonyl (C=O) groups excluding carboxylic acids is 1. The van der Waals surface area contributed by atoms with Crippen LogP contribution < -0.4 is 5.43 Å². The molecule has 1 N–H and O–H groups in total. The number of carbonyl (C=O) groups is 1. The predicted octanol–water partition coefficient (Wildman–Crippen LogP) is 2.88. The standard InChI is InChI=1S/C19H16N4O/c24-19(16-10-15(16)13-6-2-1-3-7-13)23-21-12-14-11-20-17-8-4-5-9-18(17)22-14/h1-9,11-12,15-16H,10H2,(H,23,24). The van der Waals surface area contributed by atoms with E-state index in [1.807, 2.05) is 42.5 Å². The number of hydrogen-bond donors (Lipinski definition) is 1. The van der Waals surface area contributed by atoms with Crippen LogP contribution in [-0.2, 0) is 4.79 Å². The maximum atomic E-state index is 12.1. The Hall–Kier alpha value is -3.08. The van der Waals surface area contributed by atoms with Crippen molar-refractivity contribution in [1.29, 1.82) is 0 Å². The Labute approximate surface area is 139 Å². The third-order valence-electron chi connectivity index (χ3n) is 4.19. The van der Waals surface area contributed by atoms with Crippen molar-refractivity contribution in [2.45, 2.75) is 12.3 Å². The van der Waals surface area contributed by atoms with Crippen molar-refractivity contribution in [3.8, 4) is 0 Å². The minimum absolute atomic E-state index is 0.00670. The molecule has 24 heavy (non-hydrogen) atoms. The number of benzene rings is 2. The highest BCUT2D eigenvalue weighted by Gasteiger charge is 2.43. The third kappa shape index (κ3) is 3.01. The normalized spacial score (nSPS) is 19.5. The van der Waals surface area contributed by atoms with Crippen molar-refractivity contribution >= 4 is 23.2 Å². The van der Waals surface area contributed by atoms with Gasteiger partial charge in [-0.25, -0.2) is 10.4 Å². The van der Waals surface area contributed by atoms with Crippen LogP contribution in [-0.4, -0.2) is 22.1 Å². The number of nitrogens with zero attached hydrogens (tertiary/aromatic N) is 3. The molecule has 1 aliphatic carbocycles. The number of aromatic nitrogens is 2. The zero-order valence-electron chi connectivity index (χ0n) is 13.0. The quantitative estimate of drug-likeness (QED) is 0.594. The number of hydrazone groups is 1. The van der Waals surface area contributed by atoms with Gasteiger partial charge in [-0.1, -0.05) is 42.5 Å². The molecule has 1 fully saturated rings. The lowest BCUT2D eigenvalue weighted by Gasteiger charge is -2.00. The Kier molecular flexibility index (Phi) is 3.75. The van der Waals surface area contributed by atoms with Crippen LogP contribution in [0.5, 0.6) is 0 Å².